The summed E-state index contributed by atoms with van der Waals surface area (Å²) in [6.07, 6.45) is 0.685. The molecule has 1 aromatic carbocycles. The molecule has 0 bridgehead atoms. The van der Waals surface area contributed by atoms with Crippen LogP contribution in [0.1, 0.15) is 32.8 Å². The van der Waals surface area contributed by atoms with Crippen LogP contribution in [-0.4, -0.2) is 18.3 Å². The molecule has 17 heavy (non-hydrogen) atoms. The largest absolute Gasteiger partial charge is 0.486 e. The Morgan fingerprint density at radius 1 is 1.24 bits per heavy atom. The lowest BCUT2D eigenvalue weighted by Crippen LogP contribution is -2.31. The van der Waals surface area contributed by atoms with Crippen LogP contribution in [0.3, 0.4) is 0 Å². The fourth-order valence-corrected chi connectivity index (χ4v) is 2.26. The van der Waals surface area contributed by atoms with E-state index in [1.54, 1.807) is 0 Å². The predicted octanol–water partition coefficient (Wildman–Crippen LogP) is 2.71. The van der Waals surface area contributed by atoms with Crippen molar-refractivity contribution in [3.05, 3.63) is 23.8 Å². The Hall–Kier alpha value is -1.22. The molecule has 1 heterocycles. The van der Waals surface area contributed by atoms with Gasteiger partial charge in [0.25, 0.3) is 0 Å². The predicted molar refractivity (Wildman–Crippen MR) is 66.5 cm³/mol. The molecule has 0 spiro atoms. The summed E-state index contributed by atoms with van der Waals surface area (Å²) >= 11 is 0. The summed E-state index contributed by atoms with van der Waals surface area (Å²) in [6, 6.07) is 5.71. The van der Waals surface area contributed by atoms with Crippen LogP contribution in [0.2, 0.25) is 0 Å². The van der Waals surface area contributed by atoms with Gasteiger partial charge in [-0.2, -0.15) is 0 Å². The van der Waals surface area contributed by atoms with E-state index in [2.05, 4.69) is 0 Å². The van der Waals surface area contributed by atoms with E-state index in [0.29, 0.717) is 19.6 Å². The minimum absolute atomic E-state index is 0.162. The monoisotopic (exact) mass is 236 g/mol. The fourth-order valence-electron chi connectivity index (χ4n) is 2.26. The summed E-state index contributed by atoms with van der Waals surface area (Å²) in [5.74, 6) is 1.67. The molecule has 94 valence electrons. The lowest BCUT2D eigenvalue weighted by Gasteiger charge is -2.32. The summed E-state index contributed by atoms with van der Waals surface area (Å²) < 4.78 is 11.0. The van der Waals surface area contributed by atoms with E-state index in [-0.39, 0.29) is 5.92 Å². The molecule has 1 atom stereocenters. The van der Waals surface area contributed by atoms with Gasteiger partial charge in [-0.3, -0.25) is 0 Å². The average Bonchev–Trinajstić information content (AvgIpc) is 2.37. The third-order valence-electron chi connectivity index (χ3n) is 3.54. The second-order valence-corrected chi connectivity index (χ2v) is 4.79. The van der Waals surface area contributed by atoms with Gasteiger partial charge < -0.3 is 14.6 Å². The van der Waals surface area contributed by atoms with E-state index >= 15 is 0 Å². The van der Waals surface area contributed by atoms with Crippen LogP contribution in [0.5, 0.6) is 11.5 Å². The minimum Gasteiger partial charge on any atom is -0.486 e. The van der Waals surface area contributed by atoms with Crippen molar-refractivity contribution in [1.82, 2.24) is 0 Å². The fraction of sp³-hybridized carbons (Fsp3) is 0.571. The van der Waals surface area contributed by atoms with Gasteiger partial charge in [0.15, 0.2) is 11.5 Å². The van der Waals surface area contributed by atoms with Crippen molar-refractivity contribution >= 4 is 0 Å². The van der Waals surface area contributed by atoms with E-state index in [9.17, 15) is 5.11 Å². The maximum Gasteiger partial charge on any atom is 0.161 e. The number of ether oxygens (including phenoxy) is 2. The Labute approximate surface area is 102 Å². The van der Waals surface area contributed by atoms with Crippen molar-refractivity contribution in [2.45, 2.75) is 32.8 Å². The highest BCUT2D eigenvalue weighted by molar-refractivity contribution is 5.45. The van der Waals surface area contributed by atoms with E-state index in [1.165, 1.54) is 0 Å². The highest BCUT2D eigenvalue weighted by Gasteiger charge is 2.32. The van der Waals surface area contributed by atoms with Crippen molar-refractivity contribution in [3.63, 3.8) is 0 Å². The number of hydrogen-bond acceptors (Lipinski definition) is 3. The Bertz CT molecular complexity index is 400. The van der Waals surface area contributed by atoms with Gasteiger partial charge in [-0.25, -0.2) is 0 Å². The van der Waals surface area contributed by atoms with Gasteiger partial charge in [0.2, 0.25) is 0 Å². The van der Waals surface area contributed by atoms with Gasteiger partial charge >= 0.3 is 0 Å². The normalized spacial score (nSPS) is 17.9. The van der Waals surface area contributed by atoms with Crippen molar-refractivity contribution in [2.24, 2.45) is 5.92 Å². The Kier molecular flexibility index (Phi) is 3.29. The lowest BCUT2D eigenvalue weighted by molar-refractivity contribution is -0.0143. The topological polar surface area (TPSA) is 38.7 Å². The molecular weight excluding hydrogens is 216 g/mol. The molecule has 0 aromatic heterocycles. The highest BCUT2D eigenvalue weighted by atomic mass is 16.6. The van der Waals surface area contributed by atoms with Gasteiger partial charge in [-0.05, 0) is 30.0 Å². The van der Waals surface area contributed by atoms with Gasteiger partial charge in [0.1, 0.15) is 13.2 Å². The summed E-state index contributed by atoms with van der Waals surface area (Å²) in [5.41, 5.74) is 0.106. The molecule has 1 aliphatic heterocycles. The summed E-state index contributed by atoms with van der Waals surface area (Å²) in [4.78, 5) is 0. The van der Waals surface area contributed by atoms with E-state index in [4.69, 9.17) is 9.47 Å². The van der Waals surface area contributed by atoms with Crippen molar-refractivity contribution in [2.75, 3.05) is 13.2 Å². The Morgan fingerprint density at radius 2 is 1.88 bits per heavy atom. The molecule has 3 heteroatoms. The van der Waals surface area contributed by atoms with Gasteiger partial charge in [0.05, 0.1) is 5.60 Å². The maximum atomic E-state index is 10.7. The summed E-state index contributed by atoms with van der Waals surface area (Å²) in [5, 5.41) is 10.7. The molecule has 0 aliphatic carbocycles. The zero-order valence-electron chi connectivity index (χ0n) is 10.7. The van der Waals surface area contributed by atoms with Crippen LogP contribution in [-0.2, 0) is 5.60 Å². The minimum atomic E-state index is -0.796. The van der Waals surface area contributed by atoms with Crippen LogP contribution >= 0.6 is 0 Å². The van der Waals surface area contributed by atoms with Gasteiger partial charge in [-0.1, -0.05) is 26.8 Å². The number of rotatable bonds is 3. The molecule has 0 saturated carbocycles. The Balaban J connectivity index is 2.39. The van der Waals surface area contributed by atoms with Crippen LogP contribution in [0.4, 0.5) is 0 Å². The molecule has 1 unspecified atom stereocenters. The SMILES string of the molecule is CCC(O)(c1ccc2c(c1)OCCO2)C(C)C. The zero-order valence-corrected chi connectivity index (χ0v) is 10.7. The summed E-state index contributed by atoms with van der Waals surface area (Å²) in [7, 11) is 0. The van der Waals surface area contributed by atoms with E-state index < -0.39 is 5.60 Å². The van der Waals surface area contributed by atoms with E-state index in [1.807, 2.05) is 39.0 Å². The molecule has 2 rings (SSSR count). The quantitative estimate of drug-likeness (QED) is 0.877. The molecule has 1 N–H and O–H groups in total. The third kappa shape index (κ3) is 2.12. The van der Waals surface area contributed by atoms with Crippen molar-refractivity contribution in [3.8, 4) is 11.5 Å². The molecule has 3 nitrogen and oxygen atoms in total. The number of hydrogen-bond donors (Lipinski definition) is 1. The first-order valence-electron chi connectivity index (χ1n) is 6.20. The number of benzene rings is 1. The molecular formula is C14H20O3. The molecule has 0 saturated heterocycles. The lowest BCUT2D eigenvalue weighted by atomic mass is 9.81. The first-order chi connectivity index (χ1) is 8.08. The van der Waals surface area contributed by atoms with Crippen LogP contribution < -0.4 is 9.47 Å². The first-order valence-corrected chi connectivity index (χ1v) is 6.20. The second kappa shape index (κ2) is 4.57. The second-order valence-electron chi connectivity index (χ2n) is 4.79. The smallest absolute Gasteiger partial charge is 0.161 e. The maximum absolute atomic E-state index is 10.7. The molecule has 1 aromatic rings. The molecule has 0 fully saturated rings. The van der Waals surface area contributed by atoms with E-state index in [0.717, 1.165) is 17.1 Å². The zero-order chi connectivity index (χ0) is 12.5. The number of fused-ring (bicyclic) bond motifs is 1. The van der Waals surface area contributed by atoms with Crippen LogP contribution in [0.15, 0.2) is 18.2 Å². The number of aliphatic hydroxyl groups is 1. The molecule has 0 radical (unpaired) electrons. The first kappa shape index (κ1) is 12.2. The third-order valence-corrected chi connectivity index (χ3v) is 3.54. The standard InChI is InChI=1S/C14H20O3/c1-4-14(15,10(2)3)11-5-6-12-13(9-11)17-8-7-16-12/h5-6,9-10,15H,4,7-8H2,1-3H3. The van der Waals surface area contributed by atoms with Gasteiger partial charge in [-0.15, -0.1) is 0 Å². The summed E-state index contributed by atoms with van der Waals surface area (Å²) in [6.45, 7) is 7.22. The van der Waals surface area contributed by atoms with Crippen LogP contribution in [0.25, 0.3) is 0 Å². The Morgan fingerprint density at radius 3 is 2.47 bits per heavy atom. The average molecular weight is 236 g/mol. The van der Waals surface area contributed by atoms with Gasteiger partial charge in [0, 0.05) is 0 Å². The molecule has 1 aliphatic rings. The van der Waals surface area contributed by atoms with Crippen molar-refractivity contribution < 1.29 is 14.6 Å². The van der Waals surface area contributed by atoms with Crippen LogP contribution in [0, 0.1) is 5.92 Å². The molecule has 0 amide bonds. The van der Waals surface area contributed by atoms with Crippen molar-refractivity contribution in [1.29, 1.82) is 0 Å². The highest BCUT2D eigenvalue weighted by Crippen LogP contribution is 2.38.